The van der Waals surface area contributed by atoms with Gasteiger partial charge in [0.2, 0.25) is 5.76 Å². The van der Waals surface area contributed by atoms with Gasteiger partial charge in [-0.25, -0.2) is 9.78 Å². The highest BCUT2D eigenvalue weighted by Gasteiger charge is 2.67. The predicted octanol–water partition coefficient (Wildman–Crippen LogP) is 3.31. The molecule has 0 N–H and O–H groups in total. The van der Waals surface area contributed by atoms with Crippen LogP contribution in [0.25, 0.3) is 0 Å². The summed E-state index contributed by atoms with van der Waals surface area (Å²) in [6.07, 6.45) is 0. The fraction of sp³-hybridized carbons (Fsp3) is 0.714. The Labute approximate surface area is 108 Å². The van der Waals surface area contributed by atoms with Crippen molar-refractivity contribution in [3.8, 4) is 0 Å². The van der Waals surface area contributed by atoms with Gasteiger partial charge in [-0.1, -0.05) is 27.7 Å². The highest BCUT2D eigenvalue weighted by molar-refractivity contribution is 5.87. The van der Waals surface area contributed by atoms with Crippen LogP contribution in [-0.2, 0) is 4.74 Å². The predicted molar refractivity (Wildman–Crippen MR) is 67.5 cm³/mol. The standard InChI is InChI=1S/C14H21NO3/c1-7-17-12(16)9-8(2)15-11(18-9)10-13(3,4)14(10,5)6/h10H,7H2,1-6H3. The molecule has 1 aliphatic carbocycles. The summed E-state index contributed by atoms with van der Waals surface area (Å²) in [6.45, 7) is 12.7. The van der Waals surface area contributed by atoms with Gasteiger partial charge in [0, 0.05) is 5.92 Å². The summed E-state index contributed by atoms with van der Waals surface area (Å²) in [6, 6.07) is 0. The highest BCUT2D eigenvalue weighted by atomic mass is 16.5. The van der Waals surface area contributed by atoms with Gasteiger partial charge in [-0.05, 0) is 24.7 Å². The lowest BCUT2D eigenvalue weighted by Gasteiger charge is -2.03. The Morgan fingerprint density at radius 1 is 1.33 bits per heavy atom. The van der Waals surface area contributed by atoms with Crippen LogP contribution in [-0.4, -0.2) is 17.6 Å². The molecule has 0 radical (unpaired) electrons. The zero-order valence-electron chi connectivity index (χ0n) is 12.0. The van der Waals surface area contributed by atoms with Crippen molar-refractivity contribution < 1.29 is 13.9 Å². The van der Waals surface area contributed by atoms with Crippen LogP contribution in [0.15, 0.2) is 4.42 Å². The second-order valence-electron chi connectivity index (χ2n) is 6.06. The zero-order valence-corrected chi connectivity index (χ0v) is 12.0. The first-order valence-corrected chi connectivity index (χ1v) is 6.38. The minimum Gasteiger partial charge on any atom is -0.460 e. The molecule has 0 aliphatic heterocycles. The Hall–Kier alpha value is -1.32. The average molecular weight is 251 g/mol. The SMILES string of the molecule is CCOC(=O)c1oc(C2C(C)(C)C2(C)C)nc1C. The number of oxazole rings is 1. The highest BCUT2D eigenvalue weighted by Crippen LogP contribution is 2.73. The third-order valence-corrected chi connectivity index (χ3v) is 4.54. The van der Waals surface area contributed by atoms with Crippen molar-refractivity contribution in [2.45, 2.75) is 47.5 Å². The fourth-order valence-corrected chi connectivity index (χ4v) is 2.74. The topological polar surface area (TPSA) is 52.3 Å². The summed E-state index contributed by atoms with van der Waals surface area (Å²) < 4.78 is 10.6. The molecule has 1 aromatic rings. The molecule has 0 bridgehead atoms. The van der Waals surface area contributed by atoms with Crippen molar-refractivity contribution in [2.75, 3.05) is 6.61 Å². The number of ether oxygens (including phenoxy) is 1. The van der Waals surface area contributed by atoms with E-state index in [-0.39, 0.29) is 22.5 Å². The van der Waals surface area contributed by atoms with E-state index >= 15 is 0 Å². The van der Waals surface area contributed by atoms with Crippen LogP contribution in [0.2, 0.25) is 0 Å². The number of hydrogen-bond acceptors (Lipinski definition) is 4. The maximum absolute atomic E-state index is 11.7. The lowest BCUT2D eigenvalue weighted by atomic mass is 10.0. The number of nitrogens with zero attached hydrogens (tertiary/aromatic N) is 1. The van der Waals surface area contributed by atoms with Crippen LogP contribution in [0.5, 0.6) is 0 Å². The summed E-state index contributed by atoms with van der Waals surface area (Å²) in [7, 11) is 0. The molecule has 1 fully saturated rings. The van der Waals surface area contributed by atoms with E-state index in [1.165, 1.54) is 0 Å². The molecule has 4 nitrogen and oxygen atoms in total. The second-order valence-corrected chi connectivity index (χ2v) is 6.06. The van der Waals surface area contributed by atoms with Gasteiger partial charge in [0.1, 0.15) is 0 Å². The molecule has 2 rings (SSSR count). The van der Waals surface area contributed by atoms with Crippen LogP contribution in [0.4, 0.5) is 0 Å². The number of esters is 1. The Bertz CT molecular complexity index is 471. The first-order chi connectivity index (χ1) is 8.23. The Kier molecular flexibility index (Phi) is 2.80. The van der Waals surface area contributed by atoms with Crippen molar-refractivity contribution in [3.63, 3.8) is 0 Å². The van der Waals surface area contributed by atoms with Gasteiger partial charge >= 0.3 is 5.97 Å². The monoisotopic (exact) mass is 251 g/mol. The molecule has 1 heterocycles. The molecule has 0 aromatic carbocycles. The van der Waals surface area contributed by atoms with Crippen LogP contribution in [0, 0.1) is 17.8 Å². The molecular weight excluding hydrogens is 230 g/mol. The van der Waals surface area contributed by atoms with Gasteiger partial charge < -0.3 is 9.15 Å². The van der Waals surface area contributed by atoms with E-state index in [0.29, 0.717) is 18.2 Å². The van der Waals surface area contributed by atoms with Crippen molar-refractivity contribution in [2.24, 2.45) is 10.8 Å². The molecule has 4 heteroatoms. The molecular formula is C14H21NO3. The maximum atomic E-state index is 11.7. The number of carbonyl (C=O) groups is 1. The first-order valence-electron chi connectivity index (χ1n) is 6.38. The van der Waals surface area contributed by atoms with Crippen LogP contribution < -0.4 is 0 Å². The summed E-state index contributed by atoms with van der Waals surface area (Å²) in [4.78, 5) is 16.1. The molecule has 0 unspecified atom stereocenters. The number of aromatic nitrogens is 1. The minimum atomic E-state index is -0.426. The van der Waals surface area contributed by atoms with Crippen LogP contribution in [0.3, 0.4) is 0 Å². The normalized spacial score (nSPS) is 20.8. The quantitative estimate of drug-likeness (QED) is 0.773. The third kappa shape index (κ3) is 1.66. The molecule has 0 atom stereocenters. The van der Waals surface area contributed by atoms with Gasteiger partial charge in [-0.2, -0.15) is 0 Å². The van der Waals surface area contributed by atoms with Gasteiger partial charge in [-0.15, -0.1) is 0 Å². The fourth-order valence-electron chi connectivity index (χ4n) is 2.74. The van der Waals surface area contributed by atoms with Crippen molar-refractivity contribution in [1.29, 1.82) is 0 Å². The average Bonchev–Trinajstić information content (AvgIpc) is 2.56. The number of rotatable bonds is 3. The summed E-state index contributed by atoms with van der Waals surface area (Å²) in [5, 5.41) is 0. The van der Waals surface area contributed by atoms with Gasteiger partial charge in [-0.3, -0.25) is 0 Å². The first kappa shape index (κ1) is 13.1. The van der Waals surface area contributed by atoms with E-state index in [0.717, 1.165) is 0 Å². The van der Waals surface area contributed by atoms with Crippen molar-refractivity contribution in [1.82, 2.24) is 4.98 Å². The van der Waals surface area contributed by atoms with Gasteiger partial charge in [0.25, 0.3) is 0 Å². The molecule has 0 amide bonds. The van der Waals surface area contributed by atoms with E-state index in [4.69, 9.17) is 9.15 Å². The van der Waals surface area contributed by atoms with Crippen molar-refractivity contribution >= 4 is 5.97 Å². The van der Waals surface area contributed by atoms with E-state index in [9.17, 15) is 4.79 Å². The lowest BCUT2D eigenvalue weighted by molar-refractivity contribution is 0.0486. The molecule has 0 spiro atoms. The Morgan fingerprint density at radius 2 is 1.89 bits per heavy atom. The molecule has 1 aliphatic rings. The molecule has 1 saturated carbocycles. The Balaban J connectivity index is 2.29. The number of aryl methyl sites for hydroxylation is 1. The largest absolute Gasteiger partial charge is 0.460 e. The van der Waals surface area contributed by atoms with E-state index in [1.807, 2.05) is 0 Å². The zero-order chi connectivity index (χ0) is 13.7. The van der Waals surface area contributed by atoms with Gasteiger partial charge in [0.15, 0.2) is 5.89 Å². The third-order valence-electron chi connectivity index (χ3n) is 4.54. The second kappa shape index (κ2) is 3.84. The molecule has 1 aromatic heterocycles. The summed E-state index contributed by atoms with van der Waals surface area (Å²) in [5.74, 6) is 0.729. The van der Waals surface area contributed by atoms with E-state index in [2.05, 4.69) is 32.7 Å². The maximum Gasteiger partial charge on any atom is 0.376 e. The molecule has 18 heavy (non-hydrogen) atoms. The summed E-state index contributed by atoms with van der Waals surface area (Å²) in [5.41, 5.74) is 0.911. The molecule has 100 valence electrons. The van der Waals surface area contributed by atoms with Gasteiger partial charge in [0.05, 0.1) is 12.3 Å². The molecule has 0 saturated heterocycles. The van der Waals surface area contributed by atoms with Crippen molar-refractivity contribution in [3.05, 3.63) is 17.3 Å². The number of hydrogen-bond donors (Lipinski definition) is 0. The number of carbonyl (C=O) groups excluding carboxylic acids is 1. The van der Waals surface area contributed by atoms with Crippen LogP contribution in [0.1, 0.15) is 62.7 Å². The summed E-state index contributed by atoms with van der Waals surface area (Å²) >= 11 is 0. The minimum absolute atomic E-state index is 0.149. The van der Waals surface area contributed by atoms with Crippen LogP contribution >= 0.6 is 0 Å². The Morgan fingerprint density at radius 3 is 2.33 bits per heavy atom. The lowest BCUT2D eigenvalue weighted by Crippen LogP contribution is -2.04. The smallest absolute Gasteiger partial charge is 0.376 e. The van der Waals surface area contributed by atoms with E-state index in [1.54, 1.807) is 13.8 Å². The van der Waals surface area contributed by atoms with E-state index < -0.39 is 5.97 Å².